The van der Waals surface area contributed by atoms with E-state index >= 15 is 0 Å². The van der Waals surface area contributed by atoms with E-state index in [2.05, 4.69) is 4.98 Å². The summed E-state index contributed by atoms with van der Waals surface area (Å²) < 4.78 is 0. The van der Waals surface area contributed by atoms with Crippen molar-refractivity contribution >= 4 is 29.0 Å². The van der Waals surface area contributed by atoms with Crippen LogP contribution in [0.5, 0.6) is 0 Å². The Morgan fingerprint density at radius 3 is 2.62 bits per heavy atom. The normalized spacial score (nSPS) is 10.4. The smallest absolute Gasteiger partial charge is 0.126 e. The third kappa shape index (κ3) is 2.13. The largest absolute Gasteiger partial charge is 0.383 e. The highest BCUT2D eigenvalue weighted by atomic mass is 35.5. The first-order chi connectivity index (χ1) is 7.58. The van der Waals surface area contributed by atoms with Crippen molar-refractivity contribution in [3.05, 3.63) is 46.1 Å². The van der Waals surface area contributed by atoms with E-state index < -0.39 is 0 Å². The molecule has 0 unspecified atom stereocenters. The predicted molar refractivity (Wildman–Crippen MR) is 68.8 cm³/mol. The number of rotatable bonds is 1. The standard InChI is InChI=1S/C12H10Cl2N2/c1-7-4-8(6-16-12(7)15)10-5-9(13)2-3-11(10)14/h2-6H,1H3,(H2,15,16). The van der Waals surface area contributed by atoms with Crippen LogP contribution >= 0.6 is 23.2 Å². The van der Waals surface area contributed by atoms with Gasteiger partial charge in [0.2, 0.25) is 0 Å². The van der Waals surface area contributed by atoms with Crippen molar-refractivity contribution in [3.8, 4) is 11.1 Å². The number of aromatic nitrogens is 1. The third-order valence-electron chi connectivity index (χ3n) is 2.36. The zero-order valence-corrected chi connectivity index (χ0v) is 10.2. The SMILES string of the molecule is Cc1cc(-c2cc(Cl)ccc2Cl)cnc1N. The van der Waals surface area contributed by atoms with Crippen molar-refractivity contribution in [1.29, 1.82) is 0 Å². The minimum atomic E-state index is 0.530. The van der Waals surface area contributed by atoms with Gasteiger partial charge in [0.1, 0.15) is 5.82 Å². The van der Waals surface area contributed by atoms with E-state index in [1.54, 1.807) is 18.3 Å². The molecule has 0 saturated carbocycles. The Balaban J connectivity index is 2.58. The fourth-order valence-corrected chi connectivity index (χ4v) is 1.85. The Hall–Kier alpha value is -1.25. The molecule has 0 aliphatic heterocycles. The number of nitrogens with zero attached hydrogens (tertiary/aromatic N) is 1. The lowest BCUT2D eigenvalue weighted by atomic mass is 10.1. The number of hydrogen-bond acceptors (Lipinski definition) is 2. The summed E-state index contributed by atoms with van der Waals surface area (Å²) in [7, 11) is 0. The lowest BCUT2D eigenvalue weighted by Gasteiger charge is -2.07. The van der Waals surface area contributed by atoms with Crippen molar-refractivity contribution in [2.45, 2.75) is 6.92 Å². The molecular formula is C12H10Cl2N2. The van der Waals surface area contributed by atoms with E-state index in [0.717, 1.165) is 16.7 Å². The van der Waals surface area contributed by atoms with Crippen LogP contribution < -0.4 is 5.73 Å². The molecule has 0 radical (unpaired) electrons. The molecule has 0 aliphatic carbocycles. The van der Waals surface area contributed by atoms with Gasteiger partial charge in [-0.25, -0.2) is 4.98 Å². The Morgan fingerprint density at radius 2 is 1.94 bits per heavy atom. The molecule has 0 spiro atoms. The number of pyridine rings is 1. The average molecular weight is 253 g/mol. The molecule has 0 saturated heterocycles. The highest BCUT2D eigenvalue weighted by molar-refractivity contribution is 6.35. The zero-order chi connectivity index (χ0) is 11.7. The molecule has 1 heterocycles. The van der Waals surface area contributed by atoms with Gasteiger partial charge in [0, 0.05) is 27.4 Å². The van der Waals surface area contributed by atoms with Gasteiger partial charge in [0.25, 0.3) is 0 Å². The number of nitrogen functional groups attached to an aromatic ring is 1. The monoisotopic (exact) mass is 252 g/mol. The summed E-state index contributed by atoms with van der Waals surface area (Å²) in [6, 6.07) is 7.28. The van der Waals surface area contributed by atoms with E-state index in [9.17, 15) is 0 Å². The fourth-order valence-electron chi connectivity index (χ4n) is 1.45. The van der Waals surface area contributed by atoms with Gasteiger partial charge in [-0.15, -0.1) is 0 Å². The van der Waals surface area contributed by atoms with Crippen molar-refractivity contribution in [1.82, 2.24) is 4.98 Å². The van der Waals surface area contributed by atoms with Crippen LogP contribution in [-0.2, 0) is 0 Å². The van der Waals surface area contributed by atoms with E-state index in [-0.39, 0.29) is 0 Å². The van der Waals surface area contributed by atoms with Crippen LogP contribution in [0.25, 0.3) is 11.1 Å². The molecule has 1 aromatic heterocycles. The lowest BCUT2D eigenvalue weighted by Crippen LogP contribution is -1.94. The molecule has 2 aromatic rings. The Labute approximate surface area is 104 Å². The Morgan fingerprint density at radius 1 is 1.19 bits per heavy atom. The lowest BCUT2D eigenvalue weighted by molar-refractivity contribution is 1.28. The van der Waals surface area contributed by atoms with E-state index in [1.165, 1.54) is 0 Å². The highest BCUT2D eigenvalue weighted by Gasteiger charge is 2.06. The molecule has 1 aromatic carbocycles. The molecule has 2 N–H and O–H groups in total. The molecule has 2 rings (SSSR count). The number of aryl methyl sites for hydroxylation is 1. The molecule has 0 atom stereocenters. The summed E-state index contributed by atoms with van der Waals surface area (Å²) in [4.78, 5) is 4.10. The number of benzene rings is 1. The summed E-state index contributed by atoms with van der Waals surface area (Å²) in [5.74, 6) is 0.530. The van der Waals surface area contributed by atoms with E-state index in [4.69, 9.17) is 28.9 Å². The second-order valence-corrected chi connectivity index (χ2v) is 4.39. The molecule has 2 nitrogen and oxygen atoms in total. The maximum atomic E-state index is 6.11. The fraction of sp³-hybridized carbons (Fsp3) is 0.0833. The number of halogens is 2. The van der Waals surface area contributed by atoms with Crippen LogP contribution in [0.2, 0.25) is 10.0 Å². The summed E-state index contributed by atoms with van der Waals surface area (Å²) in [5.41, 5.74) is 8.37. The molecule has 0 amide bonds. The van der Waals surface area contributed by atoms with Crippen LogP contribution in [0.4, 0.5) is 5.82 Å². The summed E-state index contributed by atoms with van der Waals surface area (Å²) in [6.45, 7) is 1.91. The summed E-state index contributed by atoms with van der Waals surface area (Å²) in [6.07, 6.45) is 1.69. The van der Waals surface area contributed by atoms with Gasteiger partial charge in [-0.2, -0.15) is 0 Å². The number of nitrogens with two attached hydrogens (primary N) is 1. The van der Waals surface area contributed by atoms with Crippen LogP contribution in [0, 0.1) is 6.92 Å². The molecular weight excluding hydrogens is 243 g/mol. The van der Waals surface area contributed by atoms with Gasteiger partial charge in [-0.05, 0) is 36.8 Å². The topological polar surface area (TPSA) is 38.9 Å². The molecule has 16 heavy (non-hydrogen) atoms. The zero-order valence-electron chi connectivity index (χ0n) is 8.67. The maximum Gasteiger partial charge on any atom is 0.126 e. The molecule has 4 heteroatoms. The third-order valence-corrected chi connectivity index (χ3v) is 2.92. The Kier molecular flexibility index (Phi) is 3.03. The molecule has 0 bridgehead atoms. The summed E-state index contributed by atoms with van der Waals surface area (Å²) >= 11 is 12.0. The van der Waals surface area contributed by atoms with Gasteiger partial charge in [0.05, 0.1) is 0 Å². The van der Waals surface area contributed by atoms with Crippen molar-refractivity contribution < 1.29 is 0 Å². The minimum Gasteiger partial charge on any atom is -0.383 e. The van der Waals surface area contributed by atoms with Crippen molar-refractivity contribution in [2.24, 2.45) is 0 Å². The average Bonchev–Trinajstić information content (AvgIpc) is 2.26. The van der Waals surface area contributed by atoms with E-state index in [0.29, 0.717) is 15.9 Å². The Bertz CT molecular complexity index is 539. The quantitative estimate of drug-likeness (QED) is 0.835. The minimum absolute atomic E-state index is 0.530. The summed E-state index contributed by atoms with van der Waals surface area (Å²) in [5, 5.41) is 1.30. The van der Waals surface area contributed by atoms with Crippen LogP contribution in [0.1, 0.15) is 5.56 Å². The van der Waals surface area contributed by atoms with E-state index in [1.807, 2.05) is 19.1 Å². The van der Waals surface area contributed by atoms with Gasteiger partial charge in [-0.1, -0.05) is 23.2 Å². The number of anilines is 1. The van der Waals surface area contributed by atoms with Gasteiger partial charge >= 0.3 is 0 Å². The first-order valence-electron chi connectivity index (χ1n) is 4.75. The number of hydrogen-bond donors (Lipinski definition) is 1. The highest BCUT2D eigenvalue weighted by Crippen LogP contribution is 2.31. The molecule has 0 fully saturated rings. The first-order valence-corrected chi connectivity index (χ1v) is 5.51. The second kappa shape index (κ2) is 4.32. The van der Waals surface area contributed by atoms with Crippen LogP contribution in [0.3, 0.4) is 0 Å². The molecule has 82 valence electrons. The molecule has 0 aliphatic rings. The first kappa shape index (κ1) is 11.2. The van der Waals surface area contributed by atoms with Crippen molar-refractivity contribution in [3.63, 3.8) is 0 Å². The van der Waals surface area contributed by atoms with Crippen LogP contribution in [0.15, 0.2) is 30.5 Å². The van der Waals surface area contributed by atoms with Crippen LogP contribution in [-0.4, -0.2) is 4.98 Å². The predicted octanol–water partition coefficient (Wildman–Crippen LogP) is 3.95. The maximum absolute atomic E-state index is 6.11. The van der Waals surface area contributed by atoms with Gasteiger partial charge in [-0.3, -0.25) is 0 Å². The van der Waals surface area contributed by atoms with Gasteiger partial charge in [0.15, 0.2) is 0 Å². The second-order valence-electron chi connectivity index (χ2n) is 3.55. The van der Waals surface area contributed by atoms with Gasteiger partial charge < -0.3 is 5.73 Å². The van der Waals surface area contributed by atoms with Crippen molar-refractivity contribution in [2.75, 3.05) is 5.73 Å².